The van der Waals surface area contributed by atoms with Gasteiger partial charge < -0.3 is 29.3 Å². The van der Waals surface area contributed by atoms with E-state index in [4.69, 9.17) is 9.47 Å². The number of benzene rings is 1. The minimum absolute atomic E-state index is 0.0550. The van der Waals surface area contributed by atoms with Crippen LogP contribution < -0.4 is 9.64 Å². The van der Waals surface area contributed by atoms with E-state index in [-0.39, 0.29) is 30.4 Å². The molecule has 4 heterocycles. The summed E-state index contributed by atoms with van der Waals surface area (Å²) in [6.45, 7) is 5.91. The summed E-state index contributed by atoms with van der Waals surface area (Å²) in [5, 5.41) is 9.26. The molecule has 2 saturated heterocycles. The Morgan fingerprint density at radius 2 is 1.60 bits per heavy atom. The molecule has 244 valence electrons. The lowest BCUT2D eigenvalue weighted by atomic mass is 9.73. The van der Waals surface area contributed by atoms with Crippen molar-refractivity contribution in [1.29, 1.82) is 0 Å². The normalized spacial score (nSPS) is 31.6. The standard InChI is InChI=1S/C36H49N3O6/c1-3-35-20-12-23-37(27-16-18-28(19-17-27)44-4-2)32(41)29(35)30-33(42)39(22-10-5-6-11-25-40)31-34(43)38(26-14-8-7-9-15-26)24-13-21-36(30,31)45-35/h12-13,16-21,26,29-31,40H,3-11,14-15,22-25H2,1-2H3/t29-,30+,31?,35+,36+/m1/s1. The van der Waals surface area contributed by atoms with Gasteiger partial charge in [-0.2, -0.15) is 0 Å². The van der Waals surface area contributed by atoms with Crippen molar-refractivity contribution in [2.24, 2.45) is 11.8 Å². The lowest BCUT2D eigenvalue weighted by Crippen LogP contribution is -2.57. The van der Waals surface area contributed by atoms with Crippen LogP contribution in [-0.4, -0.2) is 88.8 Å². The number of hydrogen-bond acceptors (Lipinski definition) is 6. The van der Waals surface area contributed by atoms with Gasteiger partial charge in [0.2, 0.25) is 17.7 Å². The number of carbonyl (C=O) groups is 3. The molecule has 3 amide bonds. The molecular weight excluding hydrogens is 570 g/mol. The van der Waals surface area contributed by atoms with Crippen LogP contribution in [0, 0.1) is 11.8 Å². The van der Waals surface area contributed by atoms with Crippen LogP contribution in [0.3, 0.4) is 0 Å². The van der Waals surface area contributed by atoms with Gasteiger partial charge in [-0.15, -0.1) is 0 Å². The first-order chi connectivity index (χ1) is 21.9. The summed E-state index contributed by atoms with van der Waals surface area (Å²) in [6.07, 6.45) is 16.9. The summed E-state index contributed by atoms with van der Waals surface area (Å²) in [4.78, 5) is 49.7. The Balaban J connectivity index is 1.39. The second kappa shape index (κ2) is 13.3. The smallest absolute Gasteiger partial charge is 0.249 e. The molecule has 5 atom stereocenters. The molecule has 4 aliphatic heterocycles. The number of hydrogen-bond donors (Lipinski definition) is 1. The summed E-state index contributed by atoms with van der Waals surface area (Å²) >= 11 is 0. The van der Waals surface area contributed by atoms with Gasteiger partial charge in [-0.25, -0.2) is 0 Å². The molecule has 1 unspecified atom stereocenters. The van der Waals surface area contributed by atoms with Gasteiger partial charge in [0.15, 0.2) is 0 Å². The first kappa shape index (κ1) is 31.8. The van der Waals surface area contributed by atoms with Crippen molar-refractivity contribution in [1.82, 2.24) is 9.80 Å². The zero-order chi connectivity index (χ0) is 31.6. The van der Waals surface area contributed by atoms with Crippen LogP contribution in [0.25, 0.3) is 0 Å². The van der Waals surface area contributed by atoms with Crippen molar-refractivity contribution in [2.75, 3.05) is 37.7 Å². The third-order valence-corrected chi connectivity index (χ3v) is 10.8. The number of likely N-dealkylation sites (tertiary alicyclic amines) is 1. The Morgan fingerprint density at radius 1 is 0.867 bits per heavy atom. The fourth-order valence-electron chi connectivity index (χ4n) is 8.61. The number of anilines is 1. The van der Waals surface area contributed by atoms with Crippen LogP contribution in [0.4, 0.5) is 5.69 Å². The summed E-state index contributed by atoms with van der Waals surface area (Å²) < 4.78 is 12.8. The van der Waals surface area contributed by atoms with E-state index >= 15 is 0 Å². The highest BCUT2D eigenvalue weighted by molar-refractivity contribution is 6.04. The molecule has 3 fully saturated rings. The molecule has 0 radical (unpaired) electrons. The minimum atomic E-state index is -1.23. The first-order valence-electron chi connectivity index (χ1n) is 17.2. The van der Waals surface area contributed by atoms with Gasteiger partial charge in [-0.3, -0.25) is 14.4 Å². The number of rotatable bonds is 11. The van der Waals surface area contributed by atoms with Gasteiger partial charge >= 0.3 is 0 Å². The number of amides is 3. The van der Waals surface area contributed by atoms with Gasteiger partial charge in [0.05, 0.1) is 24.0 Å². The summed E-state index contributed by atoms with van der Waals surface area (Å²) in [6, 6.07) is 6.83. The molecule has 1 aliphatic carbocycles. The fraction of sp³-hybridized carbons (Fsp3) is 0.639. The van der Waals surface area contributed by atoms with E-state index in [1.165, 1.54) is 6.42 Å². The number of nitrogens with zero attached hydrogens (tertiary/aromatic N) is 3. The van der Waals surface area contributed by atoms with Crippen molar-refractivity contribution in [3.63, 3.8) is 0 Å². The van der Waals surface area contributed by atoms with Crippen LogP contribution in [0.5, 0.6) is 5.75 Å². The molecule has 1 saturated carbocycles. The Morgan fingerprint density at radius 3 is 2.31 bits per heavy atom. The number of unbranched alkanes of at least 4 members (excludes halogenated alkanes) is 3. The summed E-state index contributed by atoms with van der Waals surface area (Å²) in [5.41, 5.74) is -1.50. The zero-order valence-corrected chi connectivity index (χ0v) is 26.9. The highest BCUT2D eigenvalue weighted by Gasteiger charge is 2.75. The van der Waals surface area contributed by atoms with E-state index in [0.29, 0.717) is 39.1 Å². The molecule has 45 heavy (non-hydrogen) atoms. The monoisotopic (exact) mass is 619 g/mol. The Kier molecular flexibility index (Phi) is 9.39. The maximum atomic E-state index is 14.7. The first-order valence-corrected chi connectivity index (χ1v) is 17.2. The molecule has 0 bridgehead atoms. The Bertz CT molecular complexity index is 1310. The fourth-order valence-corrected chi connectivity index (χ4v) is 8.61. The Hall–Kier alpha value is -3.17. The number of aliphatic hydroxyl groups is 1. The number of fused-ring (bicyclic) bond motifs is 2. The van der Waals surface area contributed by atoms with E-state index in [2.05, 4.69) is 0 Å². The second-order valence-corrected chi connectivity index (χ2v) is 13.3. The van der Waals surface area contributed by atoms with E-state index in [1.54, 1.807) is 9.80 Å². The van der Waals surface area contributed by atoms with Crippen molar-refractivity contribution >= 4 is 23.4 Å². The van der Waals surface area contributed by atoms with E-state index < -0.39 is 29.1 Å². The summed E-state index contributed by atoms with van der Waals surface area (Å²) in [5.74, 6) is -1.23. The SMILES string of the molecule is CCOc1ccc(N2CC=C[C@]3(CC)O[C@]45C=CCN(C6CCCCC6)C(=O)C4N(CCCCCCO)C(=O)[C@@H]5[C@@H]3C2=O)cc1. The van der Waals surface area contributed by atoms with Crippen molar-refractivity contribution in [2.45, 2.75) is 101 Å². The van der Waals surface area contributed by atoms with Gasteiger partial charge in [0.1, 0.15) is 17.4 Å². The third-order valence-electron chi connectivity index (χ3n) is 10.8. The van der Waals surface area contributed by atoms with E-state index in [0.717, 1.165) is 56.4 Å². The van der Waals surface area contributed by atoms with Crippen molar-refractivity contribution in [3.8, 4) is 5.75 Å². The van der Waals surface area contributed by atoms with Crippen molar-refractivity contribution < 1.29 is 29.0 Å². The zero-order valence-electron chi connectivity index (χ0n) is 26.9. The van der Waals surface area contributed by atoms with Gasteiger partial charge in [0.25, 0.3) is 0 Å². The van der Waals surface area contributed by atoms with E-state index in [9.17, 15) is 19.5 Å². The highest BCUT2D eigenvalue weighted by atomic mass is 16.5. The lowest BCUT2D eigenvalue weighted by molar-refractivity contribution is -0.154. The van der Waals surface area contributed by atoms with Crippen LogP contribution in [0.15, 0.2) is 48.6 Å². The number of carbonyl (C=O) groups excluding carboxylic acids is 3. The maximum Gasteiger partial charge on any atom is 0.249 e. The molecule has 1 spiro atoms. The number of ether oxygens (including phenoxy) is 2. The summed E-state index contributed by atoms with van der Waals surface area (Å²) in [7, 11) is 0. The molecule has 6 rings (SSSR count). The molecular formula is C36H49N3O6. The van der Waals surface area contributed by atoms with Crippen molar-refractivity contribution in [3.05, 3.63) is 48.6 Å². The average molecular weight is 620 g/mol. The number of aliphatic hydroxyl groups excluding tert-OH is 1. The molecule has 9 heteroatoms. The predicted octanol–water partition coefficient (Wildman–Crippen LogP) is 4.63. The quantitative estimate of drug-likeness (QED) is 0.287. The van der Waals surface area contributed by atoms with Crippen LogP contribution >= 0.6 is 0 Å². The molecule has 1 aromatic carbocycles. The van der Waals surface area contributed by atoms with Crippen LogP contribution in [0.2, 0.25) is 0 Å². The Labute approximate surface area is 267 Å². The molecule has 0 aromatic heterocycles. The largest absolute Gasteiger partial charge is 0.494 e. The van der Waals surface area contributed by atoms with E-state index in [1.807, 2.05) is 67.3 Å². The second-order valence-electron chi connectivity index (χ2n) is 13.3. The third kappa shape index (κ3) is 5.50. The van der Waals surface area contributed by atoms with Crippen LogP contribution in [0.1, 0.15) is 78.1 Å². The molecule has 5 aliphatic rings. The van der Waals surface area contributed by atoms with Gasteiger partial charge in [-0.1, -0.05) is 63.3 Å². The molecule has 9 nitrogen and oxygen atoms in total. The molecule has 1 N–H and O–H groups in total. The van der Waals surface area contributed by atoms with Gasteiger partial charge in [-0.05, 0) is 63.3 Å². The average Bonchev–Trinajstić information content (AvgIpc) is 3.34. The predicted molar refractivity (Wildman–Crippen MR) is 172 cm³/mol. The minimum Gasteiger partial charge on any atom is -0.494 e. The maximum absolute atomic E-state index is 14.7. The van der Waals surface area contributed by atoms with Gasteiger partial charge in [0, 0.05) is 38.0 Å². The topological polar surface area (TPSA) is 99.6 Å². The highest BCUT2D eigenvalue weighted by Crippen LogP contribution is 2.59. The lowest BCUT2D eigenvalue weighted by Gasteiger charge is -2.40. The molecule has 1 aromatic rings. The van der Waals surface area contributed by atoms with Crippen LogP contribution in [-0.2, 0) is 19.1 Å².